The summed E-state index contributed by atoms with van der Waals surface area (Å²) < 4.78 is 8.79. The molecule has 4 rings (SSSR count). The maximum absolute atomic E-state index is 11.8. The van der Waals surface area contributed by atoms with Gasteiger partial charge in [0.15, 0.2) is 0 Å². The molecule has 0 unspecified atom stereocenters. The molecule has 0 N–H and O–H groups in total. The van der Waals surface area contributed by atoms with Gasteiger partial charge in [-0.2, -0.15) is 10.4 Å². The minimum absolute atomic E-state index is 0.330. The van der Waals surface area contributed by atoms with Crippen molar-refractivity contribution >= 4 is 16.9 Å². The van der Waals surface area contributed by atoms with Crippen LogP contribution in [0.15, 0.2) is 36.8 Å². The number of aromatic nitrogens is 3. The van der Waals surface area contributed by atoms with Crippen LogP contribution in [-0.2, 0) is 4.74 Å². The van der Waals surface area contributed by atoms with Crippen LogP contribution in [0.25, 0.3) is 16.6 Å². The Morgan fingerprint density at radius 3 is 2.96 bits per heavy atom. The smallest absolute Gasteiger partial charge is 0.341 e. The van der Waals surface area contributed by atoms with Crippen LogP contribution in [0.4, 0.5) is 0 Å². The van der Waals surface area contributed by atoms with Crippen LogP contribution in [0.5, 0.6) is 0 Å². The standard InChI is InChI=1S/C18H16N4O2/c1-2-24-18(23)13-9-20-22(11-13)15-5-6-17-16(7-15)12(8-19)10-21(17)14-3-4-14/h5-7,9-11,14H,2-4H2,1H3. The highest BCUT2D eigenvalue weighted by Gasteiger charge is 2.26. The zero-order valence-electron chi connectivity index (χ0n) is 13.3. The summed E-state index contributed by atoms with van der Waals surface area (Å²) in [6.45, 7) is 2.10. The van der Waals surface area contributed by atoms with Crippen LogP contribution in [0.1, 0.15) is 41.7 Å². The molecule has 1 aliphatic rings. The molecule has 3 aromatic rings. The lowest BCUT2D eigenvalue weighted by molar-refractivity contribution is 0.0526. The molecule has 2 heterocycles. The number of ether oxygens (including phenoxy) is 1. The fourth-order valence-corrected chi connectivity index (χ4v) is 2.91. The van der Waals surface area contributed by atoms with E-state index in [2.05, 4.69) is 15.7 Å². The highest BCUT2D eigenvalue weighted by atomic mass is 16.5. The number of carbonyl (C=O) groups is 1. The number of nitriles is 1. The van der Waals surface area contributed by atoms with Crippen LogP contribution in [0, 0.1) is 11.3 Å². The van der Waals surface area contributed by atoms with Crippen molar-refractivity contribution in [3.63, 3.8) is 0 Å². The van der Waals surface area contributed by atoms with Crippen LogP contribution in [0.3, 0.4) is 0 Å². The second-order valence-corrected chi connectivity index (χ2v) is 5.89. The third-order valence-electron chi connectivity index (χ3n) is 4.24. The summed E-state index contributed by atoms with van der Waals surface area (Å²) in [5.74, 6) is -0.387. The van der Waals surface area contributed by atoms with E-state index in [1.54, 1.807) is 17.8 Å². The molecule has 1 aromatic carbocycles. The van der Waals surface area contributed by atoms with Gasteiger partial charge in [-0.25, -0.2) is 9.48 Å². The van der Waals surface area contributed by atoms with E-state index >= 15 is 0 Å². The van der Waals surface area contributed by atoms with E-state index in [0.717, 1.165) is 16.6 Å². The van der Waals surface area contributed by atoms with E-state index in [-0.39, 0.29) is 5.97 Å². The van der Waals surface area contributed by atoms with Gasteiger partial charge in [-0.05, 0) is 38.0 Å². The van der Waals surface area contributed by atoms with Crippen LogP contribution < -0.4 is 0 Å². The van der Waals surface area contributed by atoms with Crippen molar-refractivity contribution in [2.45, 2.75) is 25.8 Å². The van der Waals surface area contributed by atoms with Gasteiger partial charge >= 0.3 is 5.97 Å². The SMILES string of the molecule is CCOC(=O)c1cnn(-c2ccc3c(c2)c(C#N)cn3C2CC2)c1. The maximum atomic E-state index is 11.8. The van der Waals surface area contributed by atoms with Gasteiger partial charge in [0, 0.05) is 29.3 Å². The summed E-state index contributed by atoms with van der Waals surface area (Å²) in [5.41, 5.74) is 2.95. The predicted octanol–water partition coefficient (Wildman–Crippen LogP) is 3.21. The second kappa shape index (κ2) is 5.53. The molecular formula is C18H16N4O2. The normalized spacial score (nSPS) is 13.8. The Labute approximate surface area is 138 Å². The fraction of sp³-hybridized carbons (Fsp3) is 0.278. The molecule has 6 heteroatoms. The first-order chi connectivity index (χ1) is 11.7. The summed E-state index contributed by atoms with van der Waals surface area (Å²) in [4.78, 5) is 11.8. The second-order valence-electron chi connectivity index (χ2n) is 5.89. The lowest BCUT2D eigenvalue weighted by atomic mass is 10.1. The molecule has 24 heavy (non-hydrogen) atoms. The Morgan fingerprint density at radius 2 is 2.25 bits per heavy atom. The van der Waals surface area contributed by atoms with Crippen molar-refractivity contribution in [2.75, 3.05) is 6.61 Å². The predicted molar refractivity (Wildman–Crippen MR) is 88.0 cm³/mol. The topological polar surface area (TPSA) is 72.8 Å². The Hall–Kier alpha value is -3.07. The average Bonchev–Trinajstić information content (AvgIpc) is 3.20. The number of rotatable bonds is 4. The average molecular weight is 320 g/mol. The van der Waals surface area contributed by atoms with Gasteiger partial charge in [-0.3, -0.25) is 0 Å². The van der Waals surface area contributed by atoms with E-state index in [0.29, 0.717) is 23.8 Å². The van der Waals surface area contributed by atoms with Gasteiger partial charge < -0.3 is 9.30 Å². The Kier molecular flexibility index (Phi) is 3.35. The van der Waals surface area contributed by atoms with Gasteiger partial charge in [-0.1, -0.05) is 0 Å². The fourth-order valence-electron chi connectivity index (χ4n) is 2.91. The third kappa shape index (κ3) is 2.35. The molecule has 0 radical (unpaired) electrons. The minimum atomic E-state index is -0.387. The van der Waals surface area contributed by atoms with E-state index in [9.17, 15) is 10.1 Å². The molecule has 0 saturated heterocycles. The number of benzene rings is 1. The third-order valence-corrected chi connectivity index (χ3v) is 4.24. The molecule has 0 aliphatic heterocycles. The summed E-state index contributed by atoms with van der Waals surface area (Å²) in [6.07, 6.45) is 7.39. The molecule has 0 amide bonds. The van der Waals surface area contributed by atoms with E-state index < -0.39 is 0 Å². The Bertz CT molecular complexity index is 973. The number of nitrogens with zero attached hydrogens (tertiary/aromatic N) is 4. The molecule has 6 nitrogen and oxygen atoms in total. The van der Waals surface area contributed by atoms with Crippen LogP contribution in [-0.4, -0.2) is 26.9 Å². The molecule has 1 saturated carbocycles. The number of esters is 1. The molecule has 0 atom stereocenters. The zero-order valence-corrected chi connectivity index (χ0v) is 13.3. The summed E-state index contributed by atoms with van der Waals surface area (Å²) in [7, 11) is 0. The number of hydrogen-bond donors (Lipinski definition) is 0. The van der Waals surface area contributed by atoms with E-state index in [1.807, 2.05) is 24.4 Å². The van der Waals surface area contributed by atoms with Crippen molar-refractivity contribution in [2.24, 2.45) is 0 Å². The van der Waals surface area contributed by atoms with E-state index in [4.69, 9.17) is 4.74 Å². The summed E-state index contributed by atoms with van der Waals surface area (Å²) in [5, 5.41) is 14.5. The van der Waals surface area contributed by atoms with Gasteiger partial charge in [0.2, 0.25) is 0 Å². The van der Waals surface area contributed by atoms with Gasteiger partial charge in [0.05, 0.1) is 29.6 Å². The first kappa shape index (κ1) is 14.5. The van der Waals surface area contributed by atoms with Crippen molar-refractivity contribution in [3.8, 4) is 11.8 Å². The largest absolute Gasteiger partial charge is 0.462 e. The summed E-state index contributed by atoms with van der Waals surface area (Å²) >= 11 is 0. The van der Waals surface area contributed by atoms with Gasteiger partial charge in [-0.15, -0.1) is 0 Å². The monoisotopic (exact) mass is 320 g/mol. The number of hydrogen-bond acceptors (Lipinski definition) is 4. The molecule has 0 spiro atoms. The van der Waals surface area contributed by atoms with Crippen molar-refractivity contribution in [1.82, 2.24) is 14.3 Å². The molecule has 120 valence electrons. The first-order valence-corrected chi connectivity index (χ1v) is 7.98. The van der Waals surface area contributed by atoms with Crippen LogP contribution in [0.2, 0.25) is 0 Å². The van der Waals surface area contributed by atoms with Gasteiger partial charge in [0.25, 0.3) is 0 Å². The number of fused-ring (bicyclic) bond motifs is 1. The molecule has 2 aromatic heterocycles. The zero-order chi connectivity index (χ0) is 16.7. The van der Waals surface area contributed by atoms with E-state index in [1.165, 1.54) is 19.0 Å². The van der Waals surface area contributed by atoms with Gasteiger partial charge in [0.1, 0.15) is 6.07 Å². The summed E-state index contributed by atoms with van der Waals surface area (Å²) in [6, 6.07) is 8.68. The van der Waals surface area contributed by atoms with Crippen molar-refractivity contribution in [1.29, 1.82) is 5.26 Å². The lowest BCUT2D eigenvalue weighted by Gasteiger charge is -2.04. The Balaban J connectivity index is 1.75. The van der Waals surface area contributed by atoms with Crippen molar-refractivity contribution < 1.29 is 9.53 Å². The quantitative estimate of drug-likeness (QED) is 0.692. The highest BCUT2D eigenvalue weighted by molar-refractivity contribution is 5.90. The molecule has 1 fully saturated rings. The maximum Gasteiger partial charge on any atom is 0.341 e. The van der Waals surface area contributed by atoms with Crippen LogP contribution >= 0.6 is 0 Å². The minimum Gasteiger partial charge on any atom is -0.462 e. The highest BCUT2D eigenvalue weighted by Crippen LogP contribution is 2.39. The molecule has 1 aliphatic carbocycles. The molecular weight excluding hydrogens is 304 g/mol. The molecule has 0 bridgehead atoms. The lowest BCUT2D eigenvalue weighted by Crippen LogP contribution is -2.03. The van der Waals surface area contributed by atoms with Crippen molar-refractivity contribution in [3.05, 3.63) is 47.9 Å². The Morgan fingerprint density at radius 1 is 1.42 bits per heavy atom. The first-order valence-electron chi connectivity index (χ1n) is 7.98. The number of carbonyl (C=O) groups excluding carboxylic acids is 1.